The van der Waals surface area contributed by atoms with Gasteiger partial charge in [-0.05, 0) is 50.8 Å². The molecule has 7 heteroatoms. The van der Waals surface area contributed by atoms with Crippen LogP contribution in [0.15, 0.2) is 30.3 Å². The third-order valence-corrected chi connectivity index (χ3v) is 5.06. The number of hydrogen-bond acceptors (Lipinski definition) is 3. The maximum atomic E-state index is 12.7. The maximum absolute atomic E-state index is 12.7. The lowest BCUT2D eigenvalue weighted by atomic mass is 10.0. The molecule has 2 unspecified atom stereocenters. The highest BCUT2D eigenvalue weighted by Gasteiger charge is 2.29. The Labute approximate surface area is 161 Å². The van der Waals surface area contributed by atoms with Crippen molar-refractivity contribution in [3.63, 3.8) is 0 Å². The molecule has 3 amide bonds. The number of amides is 3. The van der Waals surface area contributed by atoms with Crippen LogP contribution in [0.4, 0.5) is 10.5 Å². The average Bonchev–Trinajstić information content (AvgIpc) is 3.14. The first kappa shape index (κ1) is 20.5. The van der Waals surface area contributed by atoms with Gasteiger partial charge in [-0.1, -0.05) is 18.2 Å². The van der Waals surface area contributed by atoms with Crippen LogP contribution in [-0.4, -0.2) is 48.6 Å². The maximum Gasteiger partial charge on any atom is 0.319 e. The van der Waals surface area contributed by atoms with Crippen molar-refractivity contribution in [2.75, 3.05) is 25.0 Å². The number of carbonyl (C=O) groups is 2. The molecule has 2 aliphatic rings. The molecule has 0 bridgehead atoms. The number of urea groups is 1. The zero-order valence-corrected chi connectivity index (χ0v) is 15.9. The van der Waals surface area contributed by atoms with Gasteiger partial charge in [0, 0.05) is 37.3 Å². The van der Waals surface area contributed by atoms with Crippen LogP contribution >= 0.6 is 12.4 Å². The number of carbonyl (C=O) groups excluding carboxylic acids is 2. The minimum atomic E-state index is -0.221. The molecule has 0 aliphatic carbocycles. The number of anilines is 1. The van der Waals surface area contributed by atoms with Gasteiger partial charge in [0.2, 0.25) is 5.91 Å². The molecule has 2 saturated heterocycles. The summed E-state index contributed by atoms with van der Waals surface area (Å²) >= 11 is 0. The molecule has 0 saturated carbocycles. The van der Waals surface area contributed by atoms with Crippen LogP contribution in [0.25, 0.3) is 0 Å². The van der Waals surface area contributed by atoms with Gasteiger partial charge in [-0.2, -0.15) is 0 Å². The Kier molecular flexibility index (Phi) is 8.19. The van der Waals surface area contributed by atoms with Gasteiger partial charge < -0.3 is 20.9 Å². The Morgan fingerprint density at radius 2 is 1.92 bits per heavy atom. The molecule has 2 aliphatic heterocycles. The van der Waals surface area contributed by atoms with E-state index < -0.39 is 0 Å². The summed E-state index contributed by atoms with van der Waals surface area (Å²) in [5.74, 6) is 0.217. The van der Waals surface area contributed by atoms with Gasteiger partial charge in [0.15, 0.2) is 0 Å². The Hall–Kier alpha value is -1.79. The first-order valence-electron chi connectivity index (χ1n) is 9.35. The SMILES string of the molecule is Cl.O=C(NCC1CCCCN1C(=O)CC1CCCN1)Nc1ccccc1. The first-order chi connectivity index (χ1) is 12.2. The highest BCUT2D eigenvalue weighted by atomic mass is 35.5. The second-order valence-electron chi connectivity index (χ2n) is 6.94. The quantitative estimate of drug-likeness (QED) is 0.735. The molecular formula is C19H29ClN4O2. The lowest BCUT2D eigenvalue weighted by molar-refractivity contribution is -0.135. The Balaban J connectivity index is 0.00000243. The van der Waals surface area contributed by atoms with E-state index in [2.05, 4.69) is 16.0 Å². The molecule has 3 rings (SSSR count). The number of benzene rings is 1. The Bertz CT molecular complexity index is 578. The number of nitrogens with zero attached hydrogens (tertiary/aromatic N) is 1. The predicted molar refractivity (Wildman–Crippen MR) is 106 cm³/mol. The van der Waals surface area contributed by atoms with Crippen molar-refractivity contribution in [1.82, 2.24) is 15.5 Å². The molecular weight excluding hydrogens is 352 g/mol. The fourth-order valence-electron chi connectivity index (χ4n) is 3.71. The third kappa shape index (κ3) is 5.88. The summed E-state index contributed by atoms with van der Waals surface area (Å²) in [6, 6.07) is 9.58. The van der Waals surface area contributed by atoms with E-state index in [9.17, 15) is 9.59 Å². The second kappa shape index (κ2) is 10.4. The number of rotatable bonds is 5. The molecule has 1 aromatic rings. The van der Waals surface area contributed by atoms with Crippen LogP contribution in [0.3, 0.4) is 0 Å². The minimum absolute atomic E-state index is 0. The average molecular weight is 381 g/mol. The third-order valence-electron chi connectivity index (χ3n) is 5.06. The summed E-state index contributed by atoms with van der Waals surface area (Å²) in [6.07, 6.45) is 5.93. The molecule has 3 N–H and O–H groups in total. The van der Waals surface area contributed by atoms with Crippen LogP contribution in [0.5, 0.6) is 0 Å². The summed E-state index contributed by atoms with van der Waals surface area (Å²) < 4.78 is 0. The molecule has 0 spiro atoms. The van der Waals surface area contributed by atoms with Gasteiger partial charge in [0.25, 0.3) is 0 Å². The van der Waals surface area contributed by atoms with Crippen LogP contribution in [0.2, 0.25) is 0 Å². The van der Waals surface area contributed by atoms with Gasteiger partial charge >= 0.3 is 6.03 Å². The fourth-order valence-corrected chi connectivity index (χ4v) is 3.71. The topological polar surface area (TPSA) is 73.5 Å². The monoisotopic (exact) mass is 380 g/mol. The van der Waals surface area contributed by atoms with E-state index in [-0.39, 0.29) is 30.4 Å². The lowest BCUT2D eigenvalue weighted by Gasteiger charge is -2.36. The number of piperidine rings is 1. The van der Waals surface area contributed by atoms with Gasteiger partial charge in [-0.25, -0.2) is 4.79 Å². The van der Waals surface area contributed by atoms with Gasteiger partial charge in [0.1, 0.15) is 0 Å². The Morgan fingerprint density at radius 3 is 2.65 bits per heavy atom. The summed E-state index contributed by atoms with van der Waals surface area (Å²) in [7, 11) is 0. The number of hydrogen-bond donors (Lipinski definition) is 3. The highest BCUT2D eigenvalue weighted by Crippen LogP contribution is 2.19. The van der Waals surface area contributed by atoms with E-state index >= 15 is 0 Å². The number of nitrogens with one attached hydrogen (secondary N) is 3. The first-order valence-corrected chi connectivity index (χ1v) is 9.35. The van der Waals surface area contributed by atoms with Crippen molar-refractivity contribution >= 4 is 30.0 Å². The molecule has 2 fully saturated rings. The lowest BCUT2D eigenvalue weighted by Crippen LogP contribution is -2.50. The van der Waals surface area contributed by atoms with Crippen molar-refractivity contribution in [2.45, 2.75) is 50.6 Å². The zero-order chi connectivity index (χ0) is 17.5. The fraction of sp³-hybridized carbons (Fsp3) is 0.579. The van der Waals surface area contributed by atoms with Crippen molar-refractivity contribution in [1.29, 1.82) is 0 Å². The van der Waals surface area contributed by atoms with Crippen molar-refractivity contribution in [3.8, 4) is 0 Å². The van der Waals surface area contributed by atoms with Crippen molar-refractivity contribution < 1.29 is 9.59 Å². The molecule has 26 heavy (non-hydrogen) atoms. The van der Waals surface area contributed by atoms with E-state index in [1.54, 1.807) is 0 Å². The van der Waals surface area contributed by atoms with E-state index in [1.165, 1.54) is 0 Å². The van der Waals surface area contributed by atoms with Crippen LogP contribution in [-0.2, 0) is 4.79 Å². The van der Waals surface area contributed by atoms with E-state index in [1.807, 2.05) is 35.2 Å². The molecule has 0 aromatic heterocycles. The van der Waals surface area contributed by atoms with Crippen LogP contribution < -0.4 is 16.0 Å². The highest BCUT2D eigenvalue weighted by molar-refractivity contribution is 5.89. The van der Waals surface area contributed by atoms with Crippen LogP contribution in [0, 0.1) is 0 Å². The van der Waals surface area contributed by atoms with Gasteiger partial charge in [-0.15, -0.1) is 12.4 Å². The number of para-hydroxylation sites is 1. The van der Waals surface area contributed by atoms with Gasteiger partial charge in [-0.3, -0.25) is 4.79 Å². The second-order valence-corrected chi connectivity index (χ2v) is 6.94. The molecule has 0 radical (unpaired) electrons. The largest absolute Gasteiger partial charge is 0.338 e. The molecule has 1 aromatic carbocycles. The molecule has 2 atom stereocenters. The summed E-state index contributed by atoms with van der Waals surface area (Å²) in [4.78, 5) is 26.7. The van der Waals surface area contributed by atoms with E-state index in [4.69, 9.17) is 0 Å². The van der Waals surface area contributed by atoms with Crippen molar-refractivity contribution in [2.24, 2.45) is 0 Å². The normalized spacial score (nSPS) is 22.4. The van der Waals surface area contributed by atoms with E-state index in [0.717, 1.165) is 50.9 Å². The minimum Gasteiger partial charge on any atom is -0.338 e. The standard InChI is InChI=1S/C19H28N4O2.ClH/c24-18(13-16-9-6-11-20-16)23-12-5-4-10-17(23)14-21-19(25)22-15-7-2-1-3-8-15;/h1-3,7-8,16-17,20H,4-6,9-14H2,(H2,21,22,25);1H. The Morgan fingerprint density at radius 1 is 1.12 bits per heavy atom. The smallest absolute Gasteiger partial charge is 0.319 e. The summed E-state index contributed by atoms with van der Waals surface area (Å²) in [5, 5.41) is 9.13. The molecule has 144 valence electrons. The molecule has 2 heterocycles. The van der Waals surface area contributed by atoms with Crippen molar-refractivity contribution in [3.05, 3.63) is 30.3 Å². The van der Waals surface area contributed by atoms with Crippen LogP contribution in [0.1, 0.15) is 38.5 Å². The summed E-state index contributed by atoms with van der Waals surface area (Å²) in [6.45, 7) is 2.32. The van der Waals surface area contributed by atoms with Gasteiger partial charge in [0.05, 0.1) is 0 Å². The number of likely N-dealkylation sites (tertiary alicyclic amines) is 1. The zero-order valence-electron chi connectivity index (χ0n) is 15.1. The summed E-state index contributed by atoms with van der Waals surface area (Å²) in [5.41, 5.74) is 0.767. The number of halogens is 1. The predicted octanol–water partition coefficient (Wildman–Crippen LogP) is 2.75. The molecule has 6 nitrogen and oxygen atoms in total. The van der Waals surface area contributed by atoms with E-state index in [0.29, 0.717) is 19.0 Å².